The summed E-state index contributed by atoms with van der Waals surface area (Å²) in [5.74, 6) is 0.814. The minimum Gasteiger partial charge on any atom is -0.338 e. The third kappa shape index (κ3) is 4.70. The van der Waals surface area contributed by atoms with Crippen LogP contribution in [0, 0.1) is 18.7 Å². The molecule has 0 bridgehead atoms. The van der Waals surface area contributed by atoms with Crippen LogP contribution in [0.25, 0.3) is 11.4 Å². The maximum atomic E-state index is 13.1. The van der Waals surface area contributed by atoms with Gasteiger partial charge in [0.05, 0.1) is 11.3 Å². The van der Waals surface area contributed by atoms with Crippen molar-refractivity contribution in [2.24, 2.45) is 5.92 Å². The molecule has 1 aliphatic heterocycles. The zero-order chi connectivity index (χ0) is 20.9. The molecule has 0 N–H and O–H groups in total. The Morgan fingerprint density at radius 3 is 2.77 bits per heavy atom. The summed E-state index contributed by atoms with van der Waals surface area (Å²) in [6, 6.07) is 10.4. The zero-order valence-corrected chi connectivity index (χ0v) is 17.1. The third-order valence-electron chi connectivity index (χ3n) is 5.69. The van der Waals surface area contributed by atoms with Gasteiger partial charge in [-0.05, 0) is 68.4 Å². The molecule has 30 heavy (non-hydrogen) atoms. The number of halogens is 1. The number of likely N-dealkylation sites (tertiary alicyclic amines) is 1. The van der Waals surface area contributed by atoms with Crippen LogP contribution in [0.1, 0.15) is 40.9 Å². The van der Waals surface area contributed by atoms with E-state index in [2.05, 4.69) is 15.0 Å². The predicted molar refractivity (Wildman–Crippen MR) is 113 cm³/mol. The number of aryl methyl sites for hydroxylation is 2. The normalized spacial score (nSPS) is 16.5. The molecule has 3 heterocycles. The molecule has 1 amide bonds. The van der Waals surface area contributed by atoms with Gasteiger partial charge in [0.25, 0.3) is 5.91 Å². The van der Waals surface area contributed by atoms with Gasteiger partial charge in [0.15, 0.2) is 5.82 Å². The van der Waals surface area contributed by atoms with Crippen molar-refractivity contribution in [3.63, 3.8) is 0 Å². The lowest BCUT2D eigenvalue weighted by molar-refractivity contribution is 0.0666. The van der Waals surface area contributed by atoms with E-state index in [0.29, 0.717) is 23.0 Å². The number of nitrogens with zero attached hydrogens (tertiary/aromatic N) is 4. The fraction of sp³-hybridized carbons (Fsp3) is 0.333. The maximum Gasteiger partial charge on any atom is 0.257 e. The van der Waals surface area contributed by atoms with E-state index >= 15 is 0 Å². The molecule has 5 nitrogen and oxygen atoms in total. The van der Waals surface area contributed by atoms with Crippen molar-refractivity contribution in [1.29, 1.82) is 0 Å². The number of carbonyl (C=O) groups excluding carboxylic acids is 1. The number of hydrogen-bond donors (Lipinski definition) is 0. The number of pyridine rings is 1. The van der Waals surface area contributed by atoms with Gasteiger partial charge >= 0.3 is 0 Å². The molecule has 1 atom stereocenters. The van der Waals surface area contributed by atoms with E-state index in [4.69, 9.17) is 0 Å². The van der Waals surface area contributed by atoms with E-state index in [0.717, 1.165) is 49.9 Å². The standard InChI is InChI=1S/C24H25FN4O/c1-17-22(15-27-23(28-17)20-5-2-12-26-14-20)24(30)29-13-3-4-19(16-29)7-6-18-8-10-21(25)11-9-18/h2,5,8-12,14-15,19H,3-4,6-7,13,16H2,1H3. The van der Waals surface area contributed by atoms with Crippen molar-refractivity contribution in [3.05, 3.63) is 77.6 Å². The van der Waals surface area contributed by atoms with Crippen LogP contribution < -0.4 is 0 Å². The van der Waals surface area contributed by atoms with Crippen molar-refractivity contribution in [2.45, 2.75) is 32.6 Å². The molecule has 0 spiro atoms. The Morgan fingerprint density at radius 2 is 2.03 bits per heavy atom. The Morgan fingerprint density at radius 1 is 1.20 bits per heavy atom. The minimum atomic E-state index is -0.208. The number of carbonyl (C=O) groups is 1. The van der Waals surface area contributed by atoms with Gasteiger partial charge < -0.3 is 4.90 Å². The van der Waals surface area contributed by atoms with E-state index in [1.807, 2.05) is 36.1 Å². The molecular weight excluding hydrogens is 379 g/mol. The van der Waals surface area contributed by atoms with E-state index in [9.17, 15) is 9.18 Å². The Kier molecular flexibility index (Phi) is 6.12. The van der Waals surface area contributed by atoms with E-state index in [-0.39, 0.29) is 11.7 Å². The molecule has 154 valence electrons. The summed E-state index contributed by atoms with van der Waals surface area (Å²) in [7, 11) is 0. The van der Waals surface area contributed by atoms with Crippen molar-refractivity contribution < 1.29 is 9.18 Å². The Hall–Kier alpha value is -3.15. The van der Waals surface area contributed by atoms with E-state index in [1.165, 1.54) is 12.1 Å². The number of amides is 1. The van der Waals surface area contributed by atoms with Gasteiger partial charge in [-0.1, -0.05) is 12.1 Å². The highest BCUT2D eigenvalue weighted by molar-refractivity contribution is 5.95. The second-order valence-electron chi connectivity index (χ2n) is 7.86. The molecule has 1 fully saturated rings. The van der Waals surface area contributed by atoms with Gasteiger partial charge in [-0.3, -0.25) is 9.78 Å². The Bertz CT molecular complexity index is 1010. The van der Waals surface area contributed by atoms with Crippen LogP contribution in [0.2, 0.25) is 0 Å². The molecule has 1 saturated heterocycles. The van der Waals surface area contributed by atoms with Gasteiger partial charge in [-0.15, -0.1) is 0 Å². The highest BCUT2D eigenvalue weighted by Crippen LogP contribution is 2.24. The summed E-state index contributed by atoms with van der Waals surface area (Å²) in [5, 5.41) is 0. The molecule has 1 aliphatic rings. The average Bonchev–Trinajstić information content (AvgIpc) is 2.79. The Balaban J connectivity index is 1.40. The maximum absolute atomic E-state index is 13.1. The molecule has 4 rings (SSSR count). The monoisotopic (exact) mass is 404 g/mol. The first-order chi connectivity index (χ1) is 14.6. The summed E-state index contributed by atoms with van der Waals surface area (Å²) in [4.78, 5) is 28.1. The fourth-order valence-corrected chi connectivity index (χ4v) is 3.99. The zero-order valence-electron chi connectivity index (χ0n) is 17.1. The van der Waals surface area contributed by atoms with Crippen LogP contribution in [0.5, 0.6) is 0 Å². The summed E-state index contributed by atoms with van der Waals surface area (Å²) >= 11 is 0. The summed E-state index contributed by atoms with van der Waals surface area (Å²) in [6.07, 6.45) is 9.05. The summed E-state index contributed by atoms with van der Waals surface area (Å²) < 4.78 is 13.1. The highest BCUT2D eigenvalue weighted by Gasteiger charge is 2.26. The van der Waals surface area contributed by atoms with Crippen LogP contribution in [-0.4, -0.2) is 38.8 Å². The van der Waals surface area contributed by atoms with Crippen molar-refractivity contribution in [3.8, 4) is 11.4 Å². The number of aromatic nitrogens is 3. The fourth-order valence-electron chi connectivity index (χ4n) is 3.99. The number of piperidine rings is 1. The first-order valence-corrected chi connectivity index (χ1v) is 10.4. The molecule has 2 aromatic heterocycles. The van der Waals surface area contributed by atoms with Crippen LogP contribution in [-0.2, 0) is 6.42 Å². The predicted octanol–water partition coefficient (Wildman–Crippen LogP) is 4.47. The number of hydrogen-bond acceptors (Lipinski definition) is 4. The molecule has 1 unspecified atom stereocenters. The second kappa shape index (κ2) is 9.11. The SMILES string of the molecule is Cc1nc(-c2cccnc2)ncc1C(=O)N1CCCC(CCc2ccc(F)cc2)C1. The smallest absolute Gasteiger partial charge is 0.257 e. The molecule has 0 saturated carbocycles. The Labute approximate surface area is 176 Å². The third-order valence-corrected chi connectivity index (χ3v) is 5.69. The largest absolute Gasteiger partial charge is 0.338 e. The summed E-state index contributed by atoms with van der Waals surface area (Å²) in [5.41, 5.74) is 3.21. The molecule has 6 heteroatoms. The number of benzene rings is 1. The lowest BCUT2D eigenvalue weighted by Crippen LogP contribution is -2.40. The second-order valence-corrected chi connectivity index (χ2v) is 7.86. The molecule has 0 radical (unpaired) electrons. The van der Waals surface area contributed by atoms with E-state index in [1.54, 1.807) is 18.6 Å². The van der Waals surface area contributed by atoms with Gasteiger partial charge in [-0.2, -0.15) is 0 Å². The van der Waals surface area contributed by atoms with Crippen molar-refractivity contribution in [1.82, 2.24) is 19.9 Å². The van der Waals surface area contributed by atoms with E-state index < -0.39 is 0 Å². The van der Waals surface area contributed by atoms with Crippen LogP contribution in [0.3, 0.4) is 0 Å². The van der Waals surface area contributed by atoms with Crippen LogP contribution in [0.15, 0.2) is 55.0 Å². The minimum absolute atomic E-state index is 0.00304. The van der Waals surface area contributed by atoms with Gasteiger partial charge in [0, 0.05) is 37.2 Å². The van der Waals surface area contributed by atoms with Crippen molar-refractivity contribution in [2.75, 3.05) is 13.1 Å². The molecule has 3 aromatic rings. The lowest BCUT2D eigenvalue weighted by atomic mass is 9.91. The lowest BCUT2D eigenvalue weighted by Gasteiger charge is -2.33. The quantitative estimate of drug-likeness (QED) is 0.629. The van der Waals surface area contributed by atoms with Gasteiger partial charge in [0.1, 0.15) is 5.82 Å². The average molecular weight is 404 g/mol. The first-order valence-electron chi connectivity index (χ1n) is 10.4. The number of rotatable bonds is 5. The molecule has 0 aliphatic carbocycles. The first kappa shape index (κ1) is 20.1. The van der Waals surface area contributed by atoms with Gasteiger partial charge in [0.2, 0.25) is 0 Å². The summed E-state index contributed by atoms with van der Waals surface area (Å²) in [6.45, 7) is 3.35. The van der Waals surface area contributed by atoms with Crippen molar-refractivity contribution >= 4 is 5.91 Å². The van der Waals surface area contributed by atoms with Gasteiger partial charge in [-0.25, -0.2) is 14.4 Å². The molecular formula is C24H25FN4O. The molecule has 1 aromatic carbocycles. The highest BCUT2D eigenvalue weighted by atomic mass is 19.1. The topological polar surface area (TPSA) is 59.0 Å². The van der Waals surface area contributed by atoms with Crippen LogP contribution >= 0.6 is 0 Å². The van der Waals surface area contributed by atoms with Crippen LogP contribution in [0.4, 0.5) is 4.39 Å².